The molecular weight excluding hydrogens is 332 g/mol. The van der Waals surface area contributed by atoms with Gasteiger partial charge in [0.15, 0.2) is 0 Å². The Morgan fingerprint density at radius 3 is 2.80 bits per heavy atom. The summed E-state index contributed by atoms with van der Waals surface area (Å²) in [5.74, 6) is 0.787. The maximum atomic E-state index is 12.9. The number of hydrogen-bond acceptors (Lipinski definition) is 4. The van der Waals surface area contributed by atoms with Crippen molar-refractivity contribution < 1.29 is 9.53 Å². The number of amides is 1. The van der Waals surface area contributed by atoms with Crippen LogP contribution in [0.2, 0.25) is 0 Å². The molecule has 4 rings (SSSR count). The summed E-state index contributed by atoms with van der Waals surface area (Å²) < 4.78 is 6.66. The second kappa shape index (κ2) is 6.71. The molecule has 2 aromatic rings. The maximum Gasteiger partial charge on any atom is 0.263 e. The fourth-order valence-electron chi connectivity index (χ4n) is 4.70. The highest BCUT2D eigenvalue weighted by Crippen LogP contribution is 2.44. The molecule has 0 saturated carbocycles. The van der Waals surface area contributed by atoms with Crippen molar-refractivity contribution in [1.82, 2.24) is 9.80 Å². The molecule has 4 nitrogen and oxygen atoms in total. The molecule has 0 radical (unpaired) electrons. The van der Waals surface area contributed by atoms with Crippen molar-refractivity contribution in [2.45, 2.75) is 12.8 Å². The van der Waals surface area contributed by atoms with Crippen molar-refractivity contribution in [3.63, 3.8) is 0 Å². The number of benzene rings is 1. The number of rotatable bonds is 3. The molecule has 0 unspecified atom stereocenters. The third-order valence-electron chi connectivity index (χ3n) is 6.03. The summed E-state index contributed by atoms with van der Waals surface area (Å²) in [5.41, 5.74) is 0.321. The first-order valence-corrected chi connectivity index (χ1v) is 9.88. The maximum absolute atomic E-state index is 12.9. The van der Waals surface area contributed by atoms with E-state index in [1.807, 2.05) is 18.2 Å². The molecule has 134 valence electrons. The van der Waals surface area contributed by atoms with E-state index in [4.69, 9.17) is 4.74 Å². The van der Waals surface area contributed by atoms with Crippen LogP contribution in [0.15, 0.2) is 30.3 Å². The molecule has 0 bridgehead atoms. The van der Waals surface area contributed by atoms with Crippen molar-refractivity contribution in [3.05, 3.63) is 35.2 Å². The van der Waals surface area contributed by atoms with Crippen LogP contribution in [-0.2, 0) is 4.74 Å². The quantitative estimate of drug-likeness (QED) is 0.844. The zero-order valence-corrected chi connectivity index (χ0v) is 15.8. The largest absolute Gasteiger partial charge is 0.384 e. The fraction of sp³-hybridized carbons (Fsp3) is 0.550. The first-order valence-electron chi connectivity index (χ1n) is 9.07. The van der Waals surface area contributed by atoms with E-state index in [-0.39, 0.29) is 5.91 Å². The average molecular weight is 359 g/mol. The van der Waals surface area contributed by atoms with E-state index in [1.54, 1.807) is 18.4 Å². The smallest absolute Gasteiger partial charge is 0.263 e. The lowest BCUT2D eigenvalue weighted by Gasteiger charge is -2.42. The molecule has 2 aliphatic heterocycles. The molecule has 1 spiro atoms. The Kier molecular flexibility index (Phi) is 4.56. The van der Waals surface area contributed by atoms with Gasteiger partial charge < -0.3 is 14.5 Å². The molecule has 2 saturated heterocycles. The minimum Gasteiger partial charge on any atom is -0.384 e. The molecule has 2 aliphatic rings. The highest BCUT2D eigenvalue weighted by atomic mass is 32.1. The van der Waals surface area contributed by atoms with Gasteiger partial charge in [0, 0.05) is 43.9 Å². The van der Waals surface area contributed by atoms with Crippen LogP contribution < -0.4 is 0 Å². The molecule has 25 heavy (non-hydrogen) atoms. The van der Waals surface area contributed by atoms with Crippen LogP contribution in [-0.4, -0.2) is 62.7 Å². The van der Waals surface area contributed by atoms with Crippen LogP contribution in [0.4, 0.5) is 0 Å². The van der Waals surface area contributed by atoms with Crippen molar-refractivity contribution in [2.24, 2.45) is 11.3 Å². The molecule has 0 aliphatic carbocycles. The summed E-state index contributed by atoms with van der Waals surface area (Å²) in [4.78, 5) is 18.3. The molecule has 1 aromatic heterocycles. The van der Waals surface area contributed by atoms with Crippen molar-refractivity contribution in [3.8, 4) is 0 Å². The van der Waals surface area contributed by atoms with Gasteiger partial charge in [-0.3, -0.25) is 4.79 Å². The Labute approximate surface area is 153 Å². The van der Waals surface area contributed by atoms with Crippen LogP contribution in [0, 0.1) is 11.3 Å². The van der Waals surface area contributed by atoms with Gasteiger partial charge in [0.05, 0.1) is 11.5 Å². The lowest BCUT2D eigenvalue weighted by molar-refractivity contribution is 0.0327. The summed E-state index contributed by atoms with van der Waals surface area (Å²) in [5, 5.41) is 1.17. The van der Waals surface area contributed by atoms with E-state index in [1.165, 1.54) is 10.1 Å². The molecule has 0 N–H and O–H groups in total. The molecule has 2 fully saturated rings. The van der Waals surface area contributed by atoms with Crippen LogP contribution in [0.5, 0.6) is 0 Å². The van der Waals surface area contributed by atoms with E-state index in [0.29, 0.717) is 11.3 Å². The Hall–Kier alpha value is -1.43. The minimum atomic E-state index is 0.200. The summed E-state index contributed by atoms with van der Waals surface area (Å²) in [7, 11) is 4.00. The van der Waals surface area contributed by atoms with Gasteiger partial charge in [-0.25, -0.2) is 0 Å². The Morgan fingerprint density at radius 1 is 1.32 bits per heavy atom. The lowest BCUT2D eigenvalue weighted by Crippen LogP contribution is -2.47. The molecule has 5 heteroatoms. The Morgan fingerprint density at radius 2 is 2.08 bits per heavy atom. The molecule has 3 heterocycles. The number of thiophene rings is 1. The number of carbonyl (C=O) groups is 1. The molecule has 1 amide bonds. The summed E-state index contributed by atoms with van der Waals surface area (Å²) in [6.07, 6.45) is 2.17. The second-order valence-corrected chi connectivity index (χ2v) is 8.74. The van der Waals surface area contributed by atoms with Gasteiger partial charge in [-0.1, -0.05) is 18.2 Å². The van der Waals surface area contributed by atoms with Gasteiger partial charge >= 0.3 is 0 Å². The van der Waals surface area contributed by atoms with E-state index >= 15 is 0 Å². The van der Waals surface area contributed by atoms with Crippen molar-refractivity contribution in [2.75, 3.05) is 46.9 Å². The number of piperidine rings is 1. The Bertz CT molecular complexity index is 731. The number of fused-ring (bicyclic) bond motifs is 1. The second-order valence-electron chi connectivity index (χ2n) is 7.65. The number of ether oxygens (including phenoxy) is 1. The lowest BCUT2D eigenvalue weighted by atomic mass is 9.71. The van der Waals surface area contributed by atoms with E-state index < -0.39 is 0 Å². The number of methoxy groups -OCH3 is 1. The number of likely N-dealkylation sites (tertiary alicyclic amines) is 2. The molecule has 1 aromatic carbocycles. The van der Waals surface area contributed by atoms with Gasteiger partial charge in [0.2, 0.25) is 0 Å². The minimum absolute atomic E-state index is 0.200. The van der Waals surface area contributed by atoms with Gasteiger partial charge in [0.1, 0.15) is 0 Å². The predicted molar refractivity (Wildman–Crippen MR) is 102 cm³/mol. The first-order chi connectivity index (χ1) is 12.1. The zero-order chi connectivity index (χ0) is 17.4. The van der Waals surface area contributed by atoms with Crippen LogP contribution >= 0.6 is 11.3 Å². The summed E-state index contributed by atoms with van der Waals surface area (Å²) in [6, 6.07) is 10.3. The molecule has 1 atom stereocenters. The normalized spacial score (nSPS) is 23.6. The zero-order valence-electron chi connectivity index (χ0n) is 15.0. The monoisotopic (exact) mass is 358 g/mol. The van der Waals surface area contributed by atoms with Crippen molar-refractivity contribution in [1.29, 1.82) is 0 Å². The van der Waals surface area contributed by atoms with Gasteiger partial charge in [-0.15, -0.1) is 11.3 Å². The van der Waals surface area contributed by atoms with E-state index in [0.717, 1.165) is 50.5 Å². The van der Waals surface area contributed by atoms with Gasteiger partial charge in [0.25, 0.3) is 5.91 Å². The molecular formula is C20H26N2O2S. The Balaban J connectivity index is 1.47. The average Bonchev–Trinajstić information content (AvgIpc) is 3.17. The van der Waals surface area contributed by atoms with Gasteiger partial charge in [-0.2, -0.15) is 0 Å². The van der Waals surface area contributed by atoms with E-state index in [9.17, 15) is 4.79 Å². The fourth-order valence-corrected chi connectivity index (χ4v) is 5.73. The number of hydrogen-bond donors (Lipinski definition) is 0. The third-order valence-corrected chi connectivity index (χ3v) is 7.14. The highest BCUT2D eigenvalue weighted by molar-refractivity contribution is 7.20. The highest BCUT2D eigenvalue weighted by Gasteiger charge is 2.47. The topological polar surface area (TPSA) is 32.8 Å². The first kappa shape index (κ1) is 17.0. The van der Waals surface area contributed by atoms with Crippen LogP contribution in [0.3, 0.4) is 0 Å². The number of nitrogens with zero attached hydrogens (tertiary/aromatic N) is 2. The van der Waals surface area contributed by atoms with Gasteiger partial charge in [-0.05, 0) is 42.8 Å². The van der Waals surface area contributed by atoms with Crippen LogP contribution in [0.25, 0.3) is 10.1 Å². The standard InChI is InChI=1S/C20H26N2O2S/c1-21-12-16(13-24-2)20(14-21)7-9-22(10-8-20)19(23)18-11-15-5-3-4-6-17(15)25-18/h3-6,11,16H,7-10,12-14H2,1-2H3/t16-/m1/s1. The summed E-state index contributed by atoms with van der Waals surface area (Å²) >= 11 is 1.61. The summed E-state index contributed by atoms with van der Waals surface area (Å²) in [6.45, 7) is 4.79. The number of carbonyl (C=O) groups excluding carboxylic acids is 1. The third kappa shape index (κ3) is 3.09. The van der Waals surface area contributed by atoms with E-state index in [2.05, 4.69) is 29.0 Å². The van der Waals surface area contributed by atoms with Crippen molar-refractivity contribution >= 4 is 27.3 Å². The predicted octanol–water partition coefficient (Wildman–Crippen LogP) is 3.33. The SMILES string of the molecule is COC[C@H]1CN(C)CC12CCN(C(=O)c1cc3ccccc3s1)CC2. The van der Waals surface area contributed by atoms with Crippen LogP contribution in [0.1, 0.15) is 22.5 Å².